The summed E-state index contributed by atoms with van der Waals surface area (Å²) in [7, 11) is 0. The molecule has 2 N–H and O–H groups in total. The molecular weight excluding hydrogens is 356 g/mol. The van der Waals surface area contributed by atoms with E-state index in [1.807, 2.05) is 23.0 Å². The number of hydrogen-bond acceptors (Lipinski definition) is 3. The van der Waals surface area contributed by atoms with Gasteiger partial charge in [0.2, 0.25) is 0 Å². The van der Waals surface area contributed by atoms with Crippen molar-refractivity contribution in [2.75, 3.05) is 19.6 Å². The van der Waals surface area contributed by atoms with E-state index in [-0.39, 0.29) is 5.91 Å². The summed E-state index contributed by atoms with van der Waals surface area (Å²) >= 11 is 0. The molecule has 1 aliphatic carbocycles. The molecule has 0 atom stereocenters. The van der Waals surface area contributed by atoms with E-state index < -0.39 is 6.09 Å². The molecule has 7 nitrogen and oxygen atoms in total. The number of imidazole rings is 1. The number of carbonyl (C=O) groups excluding carboxylic acids is 1. The smallest absolute Gasteiger partial charge is 0.407 e. The highest BCUT2D eigenvalue weighted by atomic mass is 16.4. The first-order valence-corrected chi connectivity index (χ1v) is 9.77. The van der Waals surface area contributed by atoms with Gasteiger partial charge in [-0.05, 0) is 49.0 Å². The third-order valence-electron chi connectivity index (χ3n) is 5.85. The number of fused-ring (bicyclic) bond motifs is 1. The molecule has 144 valence electrons. The maximum atomic E-state index is 12.4. The van der Waals surface area contributed by atoms with Crippen LogP contribution in [0.2, 0.25) is 0 Å². The zero-order valence-corrected chi connectivity index (χ0v) is 15.5. The molecule has 1 fully saturated rings. The van der Waals surface area contributed by atoms with Crippen molar-refractivity contribution in [3.63, 3.8) is 0 Å². The molecule has 0 bridgehead atoms. The number of hydrogen-bond donors (Lipinski definition) is 2. The van der Waals surface area contributed by atoms with Crippen LogP contribution in [0.25, 0.3) is 11.3 Å². The summed E-state index contributed by atoms with van der Waals surface area (Å²) in [6, 6.07) is 4.07. The summed E-state index contributed by atoms with van der Waals surface area (Å²) in [5, 5.41) is 12.1. The van der Waals surface area contributed by atoms with Gasteiger partial charge in [0, 0.05) is 42.9 Å². The number of carboxylic acid groups (broad SMARTS) is 1. The van der Waals surface area contributed by atoms with E-state index in [0.29, 0.717) is 32.0 Å². The minimum Gasteiger partial charge on any atom is -0.465 e. The monoisotopic (exact) mass is 378 g/mol. The van der Waals surface area contributed by atoms with Gasteiger partial charge in [-0.2, -0.15) is 0 Å². The zero-order chi connectivity index (χ0) is 19.3. The largest absolute Gasteiger partial charge is 0.465 e. The normalized spacial score (nSPS) is 19.1. The van der Waals surface area contributed by atoms with Crippen LogP contribution in [0.3, 0.4) is 0 Å². The highest BCUT2D eigenvalue weighted by molar-refractivity contribution is 5.98. The lowest BCUT2D eigenvalue weighted by atomic mass is 9.90. The van der Waals surface area contributed by atoms with E-state index in [2.05, 4.69) is 22.6 Å². The Balaban J connectivity index is 1.60. The Labute approximate surface area is 162 Å². The minimum absolute atomic E-state index is 0.0359. The van der Waals surface area contributed by atoms with Gasteiger partial charge in [-0.25, -0.2) is 9.78 Å². The van der Waals surface area contributed by atoms with Gasteiger partial charge in [0.25, 0.3) is 5.91 Å². The number of nitrogens with zero attached hydrogens (tertiary/aromatic N) is 3. The maximum Gasteiger partial charge on any atom is 0.407 e. The van der Waals surface area contributed by atoms with Gasteiger partial charge in [-0.3, -0.25) is 4.79 Å². The Hall–Kier alpha value is -3.09. The first-order chi connectivity index (χ1) is 13.6. The van der Waals surface area contributed by atoms with Gasteiger partial charge < -0.3 is 19.9 Å². The Morgan fingerprint density at radius 1 is 1.21 bits per heavy atom. The van der Waals surface area contributed by atoms with Gasteiger partial charge >= 0.3 is 6.09 Å². The second-order valence-corrected chi connectivity index (χ2v) is 7.72. The fourth-order valence-electron chi connectivity index (χ4n) is 4.08. The first-order valence-electron chi connectivity index (χ1n) is 9.77. The predicted molar refractivity (Wildman–Crippen MR) is 104 cm³/mol. The molecule has 5 rings (SSSR count). The number of aromatic nitrogens is 2. The molecule has 3 aliphatic rings. The van der Waals surface area contributed by atoms with Crippen LogP contribution in [0.15, 0.2) is 30.7 Å². The highest BCUT2D eigenvalue weighted by Crippen LogP contribution is 2.40. The summed E-state index contributed by atoms with van der Waals surface area (Å²) in [6.07, 6.45) is 8.84. The number of carbonyl (C=O) groups is 2. The number of nitrogens with one attached hydrogen (secondary N) is 1. The number of amides is 2. The fraction of sp³-hybridized carbons (Fsp3) is 0.381. The second-order valence-electron chi connectivity index (χ2n) is 7.72. The highest BCUT2D eigenvalue weighted by Gasteiger charge is 2.27. The zero-order valence-electron chi connectivity index (χ0n) is 15.5. The van der Waals surface area contributed by atoms with Crippen LogP contribution in [0, 0.1) is 0 Å². The molecule has 0 unspecified atom stereocenters. The van der Waals surface area contributed by atoms with Crippen LogP contribution >= 0.6 is 0 Å². The third-order valence-corrected chi connectivity index (χ3v) is 5.85. The van der Waals surface area contributed by atoms with E-state index in [0.717, 1.165) is 40.1 Å². The lowest BCUT2D eigenvalue weighted by molar-refractivity contribution is 0.0946. The van der Waals surface area contributed by atoms with Gasteiger partial charge in [0.1, 0.15) is 0 Å². The van der Waals surface area contributed by atoms with E-state index in [4.69, 9.17) is 0 Å². The summed E-state index contributed by atoms with van der Waals surface area (Å²) in [4.78, 5) is 29.6. The second kappa shape index (κ2) is 6.51. The Bertz CT molecular complexity index is 1000. The third kappa shape index (κ3) is 2.96. The first kappa shape index (κ1) is 17.0. The van der Waals surface area contributed by atoms with Crippen molar-refractivity contribution >= 4 is 17.6 Å². The van der Waals surface area contributed by atoms with Crippen LogP contribution in [0.1, 0.15) is 52.4 Å². The lowest BCUT2D eigenvalue weighted by Gasteiger charge is -2.26. The summed E-state index contributed by atoms with van der Waals surface area (Å²) in [6.45, 7) is 1.52. The van der Waals surface area contributed by atoms with Crippen LogP contribution in [0.5, 0.6) is 0 Å². The molecule has 0 saturated heterocycles. The van der Waals surface area contributed by atoms with Gasteiger partial charge in [0.05, 0.1) is 17.7 Å². The molecule has 2 amide bonds. The fourth-order valence-corrected chi connectivity index (χ4v) is 4.08. The standard InChI is InChI=1S/C21H22N4O3/c26-20-17-10-19(25-11-18(23-12-25)14-1-2-14)16(9-15(17)3-6-22-20)13-4-7-24(8-5-13)21(27)28/h4,9-12,14H,1-3,5-8H2,(H,22,26)(H,27,28). The van der Waals surface area contributed by atoms with Gasteiger partial charge in [-0.1, -0.05) is 6.08 Å². The Morgan fingerprint density at radius 2 is 2.07 bits per heavy atom. The van der Waals surface area contributed by atoms with E-state index in [1.54, 1.807) is 0 Å². The Morgan fingerprint density at radius 3 is 2.79 bits per heavy atom. The van der Waals surface area contributed by atoms with E-state index in [1.165, 1.54) is 17.7 Å². The number of rotatable bonds is 3. The SMILES string of the molecule is O=C1NCCc2cc(C3=CCN(C(=O)O)CC3)c(-n3cnc(C4CC4)c3)cc21. The van der Waals surface area contributed by atoms with E-state index >= 15 is 0 Å². The van der Waals surface area contributed by atoms with Crippen molar-refractivity contribution in [1.29, 1.82) is 0 Å². The van der Waals surface area contributed by atoms with Crippen LogP contribution in [-0.4, -0.2) is 51.2 Å². The summed E-state index contributed by atoms with van der Waals surface area (Å²) < 4.78 is 2.01. The van der Waals surface area contributed by atoms with Crippen LogP contribution in [0.4, 0.5) is 4.79 Å². The molecule has 1 aromatic heterocycles. The quantitative estimate of drug-likeness (QED) is 0.860. The molecular formula is C21H22N4O3. The molecule has 1 saturated carbocycles. The maximum absolute atomic E-state index is 12.4. The molecule has 0 spiro atoms. The predicted octanol–water partition coefficient (Wildman–Crippen LogP) is 2.80. The van der Waals surface area contributed by atoms with Crippen molar-refractivity contribution in [1.82, 2.24) is 19.8 Å². The van der Waals surface area contributed by atoms with Crippen molar-refractivity contribution in [2.24, 2.45) is 0 Å². The van der Waals surface area contributed by atoms with Crippen molar-refractivity contribution in [3.8, 4) is 5.69 Å². The van der Waals surface area contributed by atoms with Crippen molar-refractivity contribution in [3.05, 3.63) is 53.1 Å². The lowest BCUT2D eigenvalue weighted by Crippen LogP contribution is -2.34. The molecule has 0 radical (unpaired) electrons. The minimum atomic E-state index is -0.888. The average Bonchev–Trinajstić information content (AvgIpc) is 3.44. The summed E-state index contributed by atoms with van der Waals surface area (Å²) in [5.41, 5.74) is 6.00. The number of benzene rings is 1. The van der Waals surface area contributed by atoms with Crippen LogP contribution in [-0.2, 0) is 6.42 Å². The van der Waals surface area contributed by atoms with Crippen LogP contribution < -0.4 is 5.32 Å². The van der Waals surface area contributed by atoms with Crippen molar-refractivity contribution in [2.45, 2.75) is 31.6 Å². The Kier molecular flexibility index (Phi) is 3.96. The van der Waals surface area contributed by atoms with Gasteiger partial charge in [-0.15, -0.1) is 0 Å². The molecule has 3 heterocycles. The molecule has 2 aromatic rings. The van der Waals surface area contributed by atoms with Gasteiger partial charge in [0.15, 0.2) is 0 Å². The van der Waals surface area contributed by atoms with E-state index in [9.17, 15) is 14.7 Å². The molecule has 2 aliphatic heterocycles. The molecule has 1 aromatic carbocycles. The molecule has 28 heavy (non-hydrogen) atoms. The summed E-state index contributed by atoms with van der Waals surface area (Å²) in [5.74, 6) is 0.523. The average molecular weight is 378 g/mol. The molecule has 7 heteroatoms. The van der Waals surface area contributed by atoms with Crippen molar-refractivity contribution < 1.29 is 14.7 Å². The topological polar surface area (TPSA) is 87.5 Å².